The molecule has 5 nitrogen and oxygen atoms in total. The molecule has 3 rings (SSSR count). The molecule has 0 spiro atoms. The highest BCUT2D eigenvalue weighted by molar-refractivity contribution is 9.10. The minimum Gasteiger partial charge on any atom is -0.486 e. The zero-order valence-electron chi connectivity index (χ0n) is 11.3. The number of rotatable bonds is 3. The van der Waals surface area contributed by atoms with Gasteiger partial charge in [-0.25, -0.2) is 0 Å². The molecular weight excluding hydrogens is 404 g/mol. The van der Waals surface area contributed by atoms with Gasteiger partial charge in [-0.3, -0.25) is 4.68 Å². The molecule has 0 bridgehead atoms. The van der Waals surface area contributed by atoms with Crippen LogP contribution >= 0.6 is 31.9 Å². The third-order valence-corrected chi connectivity index (χ3v) is 4.53. The molecule has 0 fully saturated rings. The second kappa shape index (κ2) is 5.98. The van der Waals surface area contributed by atoms with Crippen LogP contribution in [-0.2, 0) is 6.54 Å². The zero-order valence-corrected chi connectivity index (χ0v) is 14.5. The maximum Gasteiger partial charge on any atom is 0.175 e. The molecule has 7 heteroatoms. The third-order valence-electron chi connectivity index (χ3n) is 3.33. The average molecular weight is 418 g/mol. The molecular formula is C14H14Br2N2O3. The fraction of sp³-hybridized carbons (Fsp3) is 0.357. The van der Waals surface area contributed by atoms with Crippen molar-refractivity contribution in [1.82, 2.24) is 9.78 Å². The predicted octanol–water partition coefficient (Wildman–Crippen LogP) is 3.28. The van der Waals surface area contributed by atoms with E-state index in [9.17, 15) is 5.11 Å². The number of ether oxygens (including phenoxy) is 2. The fourth-order valence-corrected chi connectivity index (χ4v) is 3.43. The predicted molar refractivity (Wildman–Crippen MR) is 84.8 cm³/mol. The van der Waals surface area contributed by atoms with Crippen molar-refractivity contribution < 1.29 is 14.6 Å². The van der Waals surface area contributed by atoms with Crippen LogP contribution in [0.4, 0.5) is 0 Å². The molecule has 0 saturated carbocycles. The van der Waals surface area contributed by atoms with Crippen LogP contribution in [0.3, 0.4) is 0 Å². The van der Waals surface area contributed by atoms with E-state index in [0.717, 1.165) is 20.2 Å². The van der Waals surface area contributed by atoms with E-state index in [1.54, 1.807) is 10.9 Å². The van der Waals surface area contributed by atoms with Gasteiger partial charge in [0.2, 0.25) is 0 Å². The number of aryl methyl sites for hydroxylation is 1. The van der Waals surface area contributed by atoms with Crippen LogP contribution in [0.1, 0.15) is 24.3 Å². The summed E-state index contributed by atoms with van der Waals surface area (Å²) in [6, 6.07) is 3.65. The molecule has 1 aliphatic heterocycles. The van der Waals surface area contributed by atoms with Crippen molar-refractivity contribution >= 4 is 31.9 Å². The van der Waals surface area contributed by atoms with Crippen LogP contribution in [0.2, 0.25) is 0 Å². The number of hydrogen-bond donors (Lipinski definition) is 1. The molecule has 0 saturated heterocycles. The highest BCUT2D eigenvalue weighted by Crippen LogP contribution is 2.41. The lowest BCUT2D eigenvalue weighted by Gasteiger charge is -2.22. The van der Waals surface area contributed by atoms with Crippen LogP contribution in [0.25, 0.3) is 0 Å². The summed E-state index contributed by atoms with van der Waals surface area (Å²) in [7, 11) is 0. The number of fused-ring (bicyclic) bond motifs is 1. The molecule has 1 aromatic carbocycles. The Morgan fingerprint density at radius 3 is 2.81 bits per heavy atom. The number of aliphatic hydroxyl groups excluding tert-OH is 1. The Bertz CT molecular complexity index is 672. The summed E-state index contributed by atoms with van der Waals surface area (Å²) < 4.78 is 14.5. The van der Waals surface area contributed by atoms with E-state index >= 15 is 0 Å². The van der Waals surface area contributed by atoms with Crippen molar-refractivity contribution in [3.63, 3.8) is 0 Å². The second-order valence-corrected chi connectivity index (χ2v) is 6.33. The first-order valence-corrected chi connectivity index (χ1v) is 8.18. The zero-order chi connectivity index (χ0) is 15.0. The van der Waals surface area contributed by atoms with Gasteiger partial charge in [0.1, 0.15) is 19.3 Å². The standard InChI is InChI=1S/C14H14Br2N2O3/c1-2-18-12(10(16)7-17-18)13(19)8-5-9(15)14-11(6-8)20-3-4-21-14/h5-7,13,19H,2-4H2,1H3. The van der Waals surface area contributed by atoms with Crippen LogP contribution in [0, 0.1) is 0 Å². The van der Waals surface area contributed by atoms with Crippen LogP contribution in [0.5, 0.6) is 11.5 Å². The lowest BCUT2D eigenvalue weighted by atomic mass is 10.1. The lowest BCUT2D eigenvalue weighted by Crippen LogP contribution is -2.16. The molecule has 2 heterocycles. The first-order chi connectivity index (χ1) is 10.1. The summed E-state index contributed by atoms with van der Waals surface area (Å²) in [6.07, 6.45) is 0.892. The Labute approximate surface area is 139 Å². The topological polar surface area (TPSA) is 56.5 Å². The summed E-state index contributed by atoms with van der Waals surface area (Å²) in [6.45, 7) is 3.70. The van der Waals surface area contributed by atoms with E-state index in [0.29, 0.717) is 31.3 Å². The third kappa shape index (κ3) is 2.69. The van der Waals surface area contributed by atoms with Crippen molar-refractivity contribution in [2.45, 2.75) is 19.6 Å². The summed E-state index contributed by atoms with van der Waals surface area (Å²) in [5.41, 5.74) is 1.45. The van der Waals surface area contributed by atoms with Gasteiger partial charge in [-0.15, -0.1) is 0 Å². The molecule has 1 unspecified atom stereocenters. The van der Waals surface area contributed by atoms with Gasteiger partial charge >= 0.3 is 0 Å². The summed E-state index contributed by atoms with van der Waals surface area (Å²) in [5.74, 6) is 1.32. The minimum atomic E-state index is -0.797. The van der Waals surface area contributed by atoms with Gasteiger partial charge in [0.25, 0.3) is 0 Å². The molecule has 112 valence electrons. The quantitative estimate of drug-likeness (QED) is 0.832. The summed E-state index contributed by atoms with van der Waals surface area (Å²) in [4.78, 5) is 0. The molecule has 2 aromatic rings. The SMILES string of the molecule is CCn1ncc(Br)c1C(O)c1cc(Br)c2c(c1)OCCO2. The second-order valence-electron chi connectivity index (χ2n) is 4.62. The van der Waals surface area contributed by atoms with Crippen molar-refractivity contribution in [3.8, 4) is 11.5 Å². The van der Waals surface area contributed by atoms with Gasteiger partial charge < -0.3 is 14.6 Å². The van der Waals surface area contributed by atoms with Gasteiger partial charge in [0.05, 0.1) is 20.8 Å². The minimum absolute atomic E-state index is 0.509. The largest absolute Gasteiger partial charge is 0.486 e. The molecule has 21 heavy (non-hydrogen) atoms. The van der Waals surface area contributed by atoms with Crippen molar-refractivity contribution in [1.29, 1.82) is 0 Å². The van der Waals surface area contributed by atoms with E-state index in [2.05, 4.69) is 37.0 Å². The number of hydrogen-bond acceptors (Lipinski definition) is 4. The number of nitrogens with zero attached hydrogens (tertiary/aromatic N) is 2. The van der Waals surface area contributed by atoms with Crippen molar-refractivity contribution in [2.75, 3.05) is 13.2 Å². The molecule has 1 aromatic heterocycles. The molecule has 1 aliphatic rings. The normalized spacial score (nSPS) is 15.0. The molecule has 1 atom stereocenters. The smallest absolute Gasteiger partial charge is 0.175 e. The van der Waals surface area contributed by atoms with E-state index in [1.807, 2.05) is 19.1 Å². The maximum atomic E-state index is 10.7. The number of aromatic nitrogens is 2. The molecule has 0 amide bonds. The van der Waals surface area contributed by atoms with Crippen LogP contribution < -0.4 is 9.47 Å². The van der Waals surface area contributed by atoms with Gasteiger partial charge in [-0.1, -0.05) is 0 Å². The van der Waals surface area contributed by atoms with E-state index in [1.165, 1.54) is 0 Å². The van der Waals surface area contributed by atoms with E-state index in [-0.39, 0.29) is 0 Å². The lowest BCUT2D eigenvalue weighted by molar-refractivity contribution is 0.168. The Hall–Kier alpha value is -1.05. The van der Waals surface area contributed by atoms with Crippen LogP contribution in [-0.4, -0.2) is 28.1 Å². The first kappa shape index (κ1) is 14.9. The van der Waals surface area contributed by atoms with E-state index < -0.39 is 6.10 Å². The highest BCUT2D eigenvalue weighted by Gasteiger charge is 2.23. The Kier molecular flexibility index (Phi) is 4.24. The van der Waals surface area contributed by atoms with E-state index in [4.69, 9.17) is 9.47 Å². The number of aliphatic hydroxyl groups is 1. The highest BCUT2D eigenvalue weighted by atomic mass is 79.9. The summed E-state index contributed by atoms with van der Waals surface area (Å²) in [5, 5.41) is 14.9. The Balaban J connectivity index is 2.04. The van der Waals surface area contributed by atoms with Crippen molar-refractivity contribution in [3.05, 3.63) is 38.5 Å². The fourth-order valence-electron chi connectivity index (χ4n) is 2.34. The maximum absolute atomic E-state index is 10.7. The van der Waals surface area contributed by atoms with Gasteiger partial charge in [0, 0.05) is 6.54 Å². The molecule has 0 aliphatic carbocycles. The Morgan fingerprint density at radius 2 is 2.05 bits per heavy atom. The first-order valence-electron chi connectivity index (χ1n) is 6.60. The molecule has 0 radical (unpaired) electrons. The number of benzene rings is 1. The van der Waals surface area contributed by atoms with Crippen molar-refractivity contribution in [2.24, 2.45) is 0 Å². The monoisotopic (exact) mass is 416 g/mol. The van der Waals surface area contributed by atoms with Gasteiger partial charge in [-0.05, 0) is 56.5 Å². The van der Waals surface area contributed by atoms with Gasteiger partial charge in [-0.2, -0.15) is 5.10 Å². The van der Waals surface area contributed by atoms with Crippen LogP contribution in [0.15, 0.2) is 27.3 Å². The summed E-state index contributed by atoms with van der Waals surface area (Å²) >= 11 is 6.91. The Morgan fingerprint density at radius 1 is 1.29 bits per heavy atom. The number of halogens is 2. The molecule has 1 N–H and O–H groups in total. The van der Waals surface area contributed by atoms with Gasteiger partial charge in [0.15, 0.2) is 11.5 Å². The average Bonchev–Trinajstić information content (AvgIpc) is 2.87.